The number of nitrogens with two attached hydrogens (primary N) is 1. The fourth-order valence-corrected chi connectivity index (χ4v) is 4.04. The molecule has 1 heterocycles. The first-order valence-corrected chi connectivity index (χ1v) is 9.57. The van der Waals surface area contributed by atoms with E-state index in [1.807, 2.05) is 69.3 Å². The maximum absolute atomic E-state index is 13.1. The van der Waals surface area contributed by atoms with Crippen molar-refractivity contribution in [1.82, 2.24) is 10.3 Å². The Labute approximate surface area is 158 Å². The van der Waals surface area contributed by atoms with Gasteiger partial charge in [-0.05, 0) is 38.5 Å². The second kappa shape index (κ2) is 7.17. The van der Waals surface area contributed by atoms with Gasteiger partial charge >= 0.3 is 0 Å². The molecule has 26 heavy (non-hydrogen) atoms. The summed E-state index contributed by atoms with van der Waals surface area (Å²) in [6, 6.07) is 18.0. The zero-order valence-corrected chi connectivity index (χ0v) is 16.3. The van der Waals surface area contributed by atoms with Gasteiger partial charge in [-0.1, -0.05) is 42.5 Å². The van der Waals surface area contributed by atoms with Crippen LogP contribution < -0.4 is 11.1 Å². The summed E-state index contributed by atoms with van der Waals surface area (Å²) >= 11 is 1.64. The molecule has 3 rings (SSSR count). The summed E-state index contributed by atoms with van der Waals surface area (Å²) in [5.41, 5.74) is 6.84. The standard InChI is InChI=1S/C21H25N3OS/c1-20(2,22)14-23-19(25)21(3,15-9-5-4-6-10-15)13-18-24-16-11-7-8-12-17(16)26-18/h4-12H,13-14,22H2,1-3H3,(H,23,25). The van der Waals surface area contributed by atoms with E-state index < -0.39 is 11.0 Å². The summed E-state index contributed by atoms with van der Waals surface area (Å²) in [7, 11) is 0. The third kappa shape index (κ3) is 4.11. The van der Waals surface area contributed by atoms with Crippen LogP contribution in [-0.4, -0.2) is 23.0 Å². The molecule has 0 spiro atoms. The second-order valence-corrected chi connectivity index (χ2v) is 8.74. The minimum atomic E-state index is -0.708. The first kappa shape index (κ1) is 18.5. The number of carbonyl (C=O) groups excluding carboxylic acids is 1. The van der Waals surface area contributed by atoms with Crippen LogP contribution in [0.1, 0.15) is 31.3 Å². The predicted molar refractivity (Wildman–Crippen MR) is 108 cm³/mol. The average Bonchev–Trinajstić information content (AvgIpc) is 3.01. The summed E-state index contributed by atoms with van der Waals surface area (Å²) in [4.78, 5) is 17.9. The normalized spacial score (nSPS) is 14.2. The maximum atomic E-state index is 13.1. The molecule has 0 saturated heterocycles. The monoisotopic (exact) mass is 367 g/mol. The van der Waals surface area contributed by atoms with Gasteiger partial charge in [-0.2, -0.15) is 0 Å². The van der Waals surface area contributed by atoms with Crippen molar-refractivity contribution in [1.29, 1.82) is 0 Å². The molecule has 3 aromatic rings. The number of carbonyl (C=O) groups is 1. The van der Waals surface area contributed by atoms with Crippen molar-refractivity contribution in [2.75, 3.05) is 6.54 Å². The van der Waals surface area contributed by atoms with Crippen LogP contribution in [0.5, 0.6) is 0 Å². The van der Waals surface area contributed by atoms with Crippen LogP contribution in [0.25, 0.3) is 10.2 Å². The highest BCUT2D eigenvalue weighted by Crippen LogP contribution is 2.32. The van der Waals surface area contributed by atoms with E-state index in [-0.39, 0.29) is 5.91 Å². The van der Waals surface area contributed by atoms with Gasteiger partial charge in [0, 0.05) is 18.5 Å². The Morgan fingerprint density at radius 1 is 1.08 bits per heavy atom. The number of amides is 1. The van der Waals surface area contributed by atoms with Gasteiger partial charge in [0.1, 0.15) is 0 Å². The van der Waals surface area contributed by atoms with E-state index in [1.54, 1.807) is 11.3 Å². The van der Waals surface area contributed by atoms with Crippen molar-refractivity contribution < 1.29 is 4.79 Å². The van der Waals surface area contributed by atoms with E-state index in [9.17, 15) is 4.79 Å². The van der Waals surface area contributed by atoms with Crippen molar-refractivity contribution >= 4 is 27.5 Å². The number of rotatable bonds is 6. The van der Waals surface area contributed by atoms with E-state index in [4.69, 9.17) is 10.7 Å². The van der Waals surface area contributed by atoms with Gasteiger partial charge in [0.05, 0.1) is 20.6 Å². The third-order valence-corrected chi connectivity index (χ3v) is 5.50. The van der Waals surface area contributed by atoms with E-state index in [1.165, 1.54) is 0 Å². The van der Waals surface area contributed by atoms with Crippen molar-refractivity contribution in [3.63, 3.8) is 0 Å². The Hall–Kier alpha value is -2.24. The topological polar surface area (TPSA) is 68.0 Å². The number of nitrogens with zero attached hydrogens (tertiary/aromatic N) is 1. The van der Waals surface area contributed by atoms with Crippen molar-refractivity contribution in [3.05, 3.63) is 65.2 Å². The number of para-hydroxylation sites is 1. The minimum Gasteiger partial charge on any atom is -0.354 e. The summed E-state index contributed by atoms with van der Waals surface area (Å²) < 4.78 is 1.14. The van der Waals surface area contributed by atoms with Crippen molar-refractivity contribution in [2.45, 2.75) is 38.1 Å². The van der Waals surface area contributed by atoms with Gasteiger partial charge in [0.25, 0.3) is 0 Å². The molecule has 0 aliphatic carbocycles. The Bertz CT molecular complexity index is 865. The zero-order chi connectivity index (χ0) is 18.8. The lowest BCUT2D eigenvalue weighted by Gasteiger charge is -2.30. The molecule has 5 heteroatoms. The largest absolute Gasteiger partial charge is 0.354 e. The third-order valence-electron chi connectivity index (χ3n) is 4.46. The number of aromatic nitrogens is 1. The number of hydrogen-bond donors (Lipinski definition) is 2. The molecular formula is C21H25N3OS. The highest BCUT2D eigenvalue weighted by molar-refractivity contribution is 7.18. The molecule has 0 aliphatic heterocycles. The molecule has 0 bridgehead atoms. The molecular weight excluding hydrogens is 342 g/mol. The van der Waals surface area contributed by atoms with Crippen LogP contribution >= 0.6 is 11.3 Å². The average molecular weight is 368 g/mol. The first-order chi connectivity index (χ1) is 12.3. The number of hydrogen-bond acceptors (Lipinski definition) is 4. The maximum Gasteiger partial charge on any atom is 0.230 e. The van der Waals surface area contributed by atoms with Crippen LogP contribution in [0.3, 0.4) is 0 Å². The SMILES string of the molecule is CC(C)(N)CNC(=O)C(C)(Cc1nc2ccccc2s1)c1ccccc1. The first-order valence-electron chi connectivity index (χ1n) is 8.75. The quantitative estimate of drug-likeness (QED) is 0.699. The molecule has 1 unspecified atom stereocenters. The zero-order valence-electron chi connectivity index (χ0n) is 15.5. The molecule has 3 N–H and O–H groups in total. The van der Waals surface area contributed by atoms with Crippen LogP contribution in [0.4, 0.5) is 0 Å². The van der Waals surface area contributed by atoms with E-state index in [0.29, 0.717) is 13.0 Å². The summed E-state index contributed by atoms with van der Waals surface area (Å²) in [6.45, 7) is 6.21. The number of benzene rings is 2. The Morgan fingerprint density at radius 3 is 2.38 bits per heavy atom. The Balaban J connectivity index is 1.93. The van der Waals surface area contributed by atoms with Gasteiger partial charge in [-0.3, -0.25) is 4.79 Å². The lowest BCUT2D eigenvalue weighted by molar-refractivity contribution is -0.126. The molecule has 0 saturated carbocycles. The Kier molecular flexibility index (Phi) is 5.12. The lowest BCUT2D eigenvalue weighted by atomic mass is 9.78. The number of thiazole rings is 1. The van der Waals surface area contributed by atoms with E-state index in [0.717, 1.165) is 20.8 Å². The molecule has 0 fully saturated rings. The molecule has 136 valence electrons. The number of nitrogens with one attached hydrogen (secondary N) is 1. The Morgan fingerprint density at radius 2 is 1.73 bits per heavy atom. The fraction of sp³-hybridized carbons (Fsp3) is 0.333. The van der Waals surface area contributed by atoms with Crippen LogP contribution in [-0.2, 0) is 16.6 Å². The van der Waals surface area contributed by atoms with Crippen molar-refractivity contribution in [2.24, 2.45) is 5.73 Å². The molecule has 1 atom stereocenters. The molecule has 1 amide bonds. The highest BCUT2D eigenvalue weighted by atomic mass is 32.1. The van der Waals surface area contributed by atoms with Crippen LogP contribution in [0.2, 0.25) is 0 Å². The van der Waals surface area contributed by atoms with Gasteiger partial charge in [0.2, 0.25) is 5.91 Å². The summed E-state index contributed by atoms with van der Waals surface area (Å²) in [5, 5.41) is 3.99. The molecule has 0 radical (unpaired) electrons. The minimum absolute atomic E-state index is 0.0264. The van der Waals surface area contributed by atoms with Crippen LogP contribution in [0.15, 0.2) is 54.6 Å². The molecule has 0 aliphatic rings. The summed E-state index contributed by atoms with van der Waals surface area (Å²) in [5.74, 6) is -0.0264. The second-order valence-electron chi connectivity index (χ2n) is 7.62. The molecule has 1 aromatic heterocycles. The van der Waals surface area contributed by atoms with E-state index >= 15 is 0 Å². The van der Waals surface area contributed by atoms with Gasteiger partial charge in [-0.15, -0.1) is 11.3 Å². The smallest absolute Gasteiger partial charge is 0.230 e. The molecule has 4 nitrogen and oxygen atoms in total. The lowest BCUT2D eigenvalue weighted by Crippen LogP contribution is -2.51. The van der Waals surface area contributed by atoms with Gasteiger partial charge < -0.3 is 11.1 Å². The van der Waals surface area contributed by atoms with Gasteiger partial charge in [-0.25, -0.2) is 4.98 Å². The molecule has 2 aromatic carbocycles. The number of fused-ring (bicyclic) bond motifs is 1. The van der Waals surface area contributed by atoms with Crippen LogP contribution in [0, 0.1) is 0 Å². The summed E-state index contributed by atoms with van der Waals surface area (Å²) in [6.07, 6.45) is 0.549. The predicted octanol–water partition coefficient (Wildman–Crippen LogP) is 3.65. The fourth-order valence-electron chi connectivity index (χ4n) is 2.92. The highest BCUT2D eigenvalue weighted by Gasteiger charge is 2.36. The van der Waals surface area contributed by atoms with Crippen molar-refractivity contribution in [3.8, 4) is 0 Å². The van der Waals surface area contributed by atoms with E-state index in [2.05, 4.69) is 11.4 Å². The van der Waals surface area contributed by atoms with Gasteiger partial charge in [0.15, 0.2) is 0 Å².